The minimum absolute atomic E-state index is 0.145. The molecule has 0 aliphatic heterocycles. The molecule has 0 bridgehead atoms. The lowest BCUT2D eigenvalue weighted by atomic mass is 9.87. The highest BCUT2D eigenvalue weighted by Crippen LogP contribution is 2.33. The zero-order valence-electron chi connectivity index (χ0n) is 15.5. The van der Waals surface area contributed by atoms with Gasteiger partial charge >= 0.3 is 0 Å². The minimum Gasteiger partial charge on any atom is -0.343 e. The van der Waals surface area contributed by atoms with Crippen molar-refractivity contribution in [3.05, 3.63) is 57.0 Å². The summed E-state index contributed by atoms with van der Waals surface area (Å²) < 4.78 is 13.5. The number of benzene rings is 1. The molecule has 28 heavy (non-hydrogen) atoms. The third-order valence-electron chi connectivity index (χ3n) is 4.83. The molecule has 0 saturated carbocycles. The number of carbonyl (C=O) groups is 3. The van der Waals surface area contributed by atoms with Gasteiger partial charge in [0, 0.05) is 4.88 Å². The van der Waals surface area contributed by atoms with E-state index in [4.69, 9.17) is 0 Å². The fraction of sp³-hybridized carbons (Fsp3) is 0.350. The van der Waals surface area contributed by atoms with E-state index >= 15 is 0 Å². The molecule has 0 radical (unpaired) electrons. The Hall–Kier alpha value is -2.74. The third kappa shape index (κ3) is 4.75. The van der Waals surface area contributed by atoms with Gasteiger partial charge in [-0.15, -0.1) is 11.3 Å². The lowest BCUT2D eigenvalue weighted by Gasteiger charge is -2.19. The van der Waals surface area contributed by atoms with Gasteiger partial charge in [-0.2, -0.15) is 0 Å². The summed E-state index contributed by atoms with van der Waals surface area (Å²) >= 11 is 1.45. The lowest BCUT2D eigenvalue weighted by Crippen LogP contribution is -2.46. The minimum atomic E-state index is -0.698. The van der Waals surface area contributed by atoms with Crippen molar-refractivity contribution in [2.75, 3.05) is 6.54 Å². The molecule has 1 aromatic heterocycles. The van der Waals surface area contributed by atoms with E-state index in [0.717, 1.165) is 25.7 Å². The second kappa shape index (κ2) is 8.97. The van der Waals surface area contributed by atoms with Crippen molar-refractivity contribution in [3.63, 3.8) is 0 Å². The molecular weight excluding hydrogens is 381 g/mol. The van der Waals surface area contributed by atoms with Gasteiger partial charge in [0.15, 0.2) is 0 Å². The van der Waals surface area contributed by atoms with Crippen LogP contribution in [-0.2, 0) is 17.6 Å². The maximum absolute atomic E-state index is 13.5. The number of hydrazine groups is 1. The smallest absolute Gasteiger partial charge is 0.279 e. The maximum Gasteiger partial charge on any atom is 0.279 e. The van der Waals surface area contributed by atoms with E-state index in [0.29, 0.717) is 10.8 Å². The summed E-state index contributed by atoms with van der Waals surface area (Å²) in [6.45, 7) is 1.79. The zero-order chi connectivity index (χ0) is 20.1. The number of nitrogens with one attached hydrogen (secondary N) is 3. The number of fused-ring (bicyclic) bond motifs is 1. The number of rotatable bonds is 5. The summed E-state index contributed by atoms with van der Waals surface area (Å²) in [6.07, 6.45) is 4.25. The molecule has 3 N–H and O–H groups in total. The van der Waals surface area contributed by atoms with Crippen LogP contribution in [0.3, 0.4) is 0 Å². The fourth-order valence-electron chi connectivity index (χ4n) is 3.19. The predicted octanol–water partition coefficient (Wildman–Crippen LogP) is 2.59. The molecule has 3 rings (SSSR count). The molecule has 1 atom stereocenters. The molecule has 6 nitrogen and oxygen atoms in total. The first-order valence-corrected chi connectivity index (χ1v) is 10.0. The molecule has 0 saturated heterocycles. The van der Waals surface area contributed by atoms with Crippen molar-refractivity contribution in [2.45, 2.75) is 32.6 Å². The normalized spacial score (nSPS) is 15.4. The van der Waals surface area contributed by atoms with Crippen molar-refractivity contribution in [1.82, 2.24) is 16.2 Å². The van der Waals surface area contributed by atoms with Crippen LogP contribution in [0.4, 0.5) is 4.39 Å². The second-order valence-electron chi connectivity index (χ2n) is 6.74. The van der Waals surface area contributed by atoms with Gasteiger partial charge < -0.3 is 5.32 Å². The van der Waals surface area contributed by atoms with Gasteiger partial charge in [-0.25, -0.2) is 4.39 Å². The van der Waals surface area contributed by atoms with Crippen molar-refractivity contribution < 1.29 is 18.8 Å². The van der Waals surface area contributed by atoms with Gasteiger partial charge in [-0.3, -0.25) is 25.2 Å². The number of hydrogen-bond acceptors (Lipinski definition) is 4. The largest absolute Gasteiger partial charge is 0.343 e. The summed E-state index contributed by atoms with van der Waals surface area (Å²) in [5.74, 6) is -1.70. The lowest BCUT2D eigenvalue weighted by molar-refractivity contribution is -0.120. The van der Waals surface area contributed by atoms with Gasteiger partial charge in [0.2, 0.25) is 0 Å². The Balaban J connectivity index is 1.47. The van der Waals surface area contributed by atoms with E-state index in [2.05, 4.69) is 23.1 Å². The topological polar surface area (TPSA) is 87.3 Å². The average Bonchev–Trinajstić information content (AvgIpc) is 3.13. The summed E-state index contributed by atoms with van der Waals surface area (Å²) in [7, 11) is 0. The number of carbonyl (C=O) groups excluding carboxylic acids is 3. The van der Waals surface area contributed by atoms with E-state index < -0.39 is 17.6 Å². The molecule has 1 aliphatic carbocycles. The van der Waals surface area contributed by atoms with E-state index in [1.54, 1.807) is 0 Å². The van der Waals surface area contributed by atoms with Crippen LogP contribution in [-0.4, -0.2) is 24.3 Å². The van der Waals surface area contributed by atoms with Gasteiger partial charge in [0.1, 0.15) is 5.82 Å². The van der Waals surface area contributed by atoms with Crippen LogP contribution in [0.5, 0.6) is 0 Å². The van der Waals surface area contributed by atoms with Crippen molar-refractivity contribution in [3.8, 4) is 0 Å². The molecule has 0 spiro atoms. The number of halogens is 1. The monoisotopic (exact) mass is 403 g/mol. The highest BCUT2D eigenvalue weighted by molar-refractivity contribution is 7.14. The summed E-state index contributed by atoms with van der Waals surface area (Å²) in [4.78, 5) is 37.8. The average molecular weight is 403 g/mol. The number of aryl methyl sites for hydroxylation is 1. The zero-order valence-corrected chi connectivity index (χ0v) is 16.3. The highest BCUT2D eigenvalue weighted by Gasteiger charge is 2.22. The van der Waals surface area contributed by atoms with E-state index in [9.17, 15) is 18.8 Å². The first-order valence-electron chi connectivity index (χ1n) is 9.21. The third-order valence-corrected chi connectivity index (χ3v) is 6.07. The Morgan fingerprint density at radius 1 is 1.18 bits per heavy atom. The Morgan fingerprint density at radius 3 is 2.71 bits per heavy atom. The summed E-state index contributed by atoms with van der Waals surface area (Å²) in [6, 6.07) is 7.38. The van der Waals surface area contributed by atoms with Gasteiger partial charge in [-0.05, 0) is 48.9 Å². The van der Waals surface area contributed by atoms with E-state index in [1.807, 2.05) is 6.07 Å². The van der Waals surface area contributed by atoms with Gasteiger partial charge in [0.25, 0.3) is 17.7 Å². The molecular formula is C20H22FN3O3S. The van der Waals surface area contributed by atoms with Crippen molar-refractivity contribution in [2.24, 2.45) is 5.92 Å². The van der Waals surface area contributed by atoms with Crippen molar-refractivity contribution in [1.29, 1.82) is 0 Å². The number of thiophene rings is 1. The van der Waals surface area contributed by atoms with Crippen LogP contribution in [0.2, 0.25) is 0 Å². The molecule has 0 fully saturated rings. The first-order chi connectivity index (χ1) is 13.5. The van der Waals surface area contributed by atoms with Crippen LogP contribution in [0.15, 0.2) is 30.3 Å². The Kier molecular flexibility index (Phi) is 6.41. The first kappa shape index (κ1) is 20.0. The molecule has 3 amide bonds. The Bertz CT molecular complexity index is 897. The van der Waals surface area contributed by atoms with Crippen LogP contribution in [0.1, 0.15) is 50.2 Å². The molecule has 8 heteroatoms. The van der Waals surface area contributed by atoms with Gasteiger partial charge in [-0.1, -0.05) is 25.5 Å². The molecule has 148 valence electrons. The maximum atomic E-state index is 13.5. The second-order valence-corrected chi connectivity index (χ2v) is 7.88. The quantitative estimate of drug-likeness (QED) is 0.671. The van der Waals surface area contributed by atoms with Crippen LogP contribution in [0, 0.1) is 11.7 Å². The number of amides is 3. The Labute approximate surface area is 166 Å². The van der Waals surface area contributed by atoms with Gasteiger partial charge in [0.05, 0.1) is 17.0 Å². The van der Waals surface area contributed by atoms with Crippen LogP contribution < -0.4 is 16.2 Å². The highest BCUT2D eigenvalue weighted by atomic mass is 32.1. The SMILES string of the molecule is CC[C@@H]1CCc2sc(C(=O)NNC(=O)CNC(=O)c3ccccc3F)cc2C1. The fourth-order valence-corrected chi connectivity index (χ4v) is 4.30. The molecule has 1 aliphatic rings. The molecule has 2 aromatic rings. The summed E-state index contributed by atoms with van der Waals surface area (Å²) in [5.41, 5.74) is 5.69. The predicted molar refractivity (Wildman–Crippen MR) is 104 cm³/mol. The number of hydrogen-bond donors (Lipinski definition) is 3. The van der Waals surface area contributed by atoms with Crippen LogP contribution >= 0.6 is 11.3 Å². The summed E-state index contributed by atoms with van der Waals surface area (Å²) in [5, 5.41) is 2.31. The van der Waals surface area contributed by atoms with Crippen LogP contribution in [0.25, 0.3) is 0 Å². The van der Waals surface area contributed by atoms with E-state index in [1.165, 1.54) is 46.0 Å². The molecule has 1 heterocycles. The van der Waals surface area contributed by atoms with Crippen molar-refractivity contribution >= 4 is 29.1 Å². The standard InChI is InChI=1S/C20H22FN3O3S/c1-2-12-7-8-16-13(9-12)10-17(28-16)20(27)24-23-18(25)11-22-19(26)14-5-3-4-6-15(14)21/h3-6,10,12H,2,7-9,11H2,1H3,(H,22,26)(H,23,25)(H,24,27)/t12-/m1/s1. The Morgan fingerprint density at radius 2 is 1.96 bits per heavy atom. The molecule has 0 unspecified atom stereocenters. The van der Waals surface area contributed by atoms with E-state index in [-0.39, 0.29) is 18.0 Å². The molecule has 1 aromatic carbocycles.